The zero-order valence-electron chi connectivity index (χ0n) is 9.44. The third-order valence-corrected chi connectivity index (χ3v) is 2.53. The highest BCUT2D eigenvalue weighted by molar-refractivity contribution is 5.83. The molecule has 3 amide bonds. The molecule has 0 spiro atoms. The Hall–Kier alpha value is -1.79. The van der Waals surface area contributed by atoms with Gasteiger partial charge in [-0.25, -0.2) is 9.59 Å². The number of rotatable bonds is 7. The fourth-order valence-corrected chi connectivity index (χ4v) is 1.31. The number of carbonyl (C=O) groups is 3. The van der Waals surface area contributed by atoms with E-state index >= 15 is 0 Å². The van der Waals surface area contributed by atoms with E-state index in [2.05, 4.69) is 10.6 Å². The number of nitrogens with two attached hydrogens (primary N) is 1. The van der Waals surface area contributed by atoms with Crippen molar-refractivity contribution in [2.24, 2.45) is 11.7 Å². The molecule has 0 aromatic rings. The van der Waals surface area contributed by atoms with Crippen molar-refractivity contribution in [1.82, 2.24) is 10.6 Å². The van der Waals surface area contributed by atoms with Crippen LogP contribution in [0.1, 0.15) is 25.7 Å². The second-order valence-electron chi connectivity index (χ2n) is 4.19. The largest absolute Gasteiger partial charge is 0.480 e. The molecule has 1 fully saturated rings. The molecule has 0 aromatic heterocycles. The van der Waals surface area contributed by atoms with Crippen LogP contribution in [0.3, 0.4) is 0 Å². The van der Waals surface area contributed by atoms with E-state index in [0.29, 0.717) is 12.5 Å². The van der Waals surface area contributed by atoms with Crippen molar-refractivity contribution in [3.8, 4) is 0 Å². The molecule has 1 unspecified atom stereocenters. The van der Waals surface area contributed by atoms with Crippen LogP contribution in [0, 0.1) is 5.92 Å². The van der Waals surface area contributed by atoms with Gasteiger partial charge in [0, 0.05) is 13.0 Å². The normalized spacial score (nSPS) is 16.0. The summed E-state index contributed by atoms with van der Waals surface area (Å²) in [6.45, 7) is 0.563. The number of carboxylic acids is 1. The highest BCUT2D eigenvalue weighted by Crippen LogP contribution is 2.27. The Labute approximate surface area is 98.7 Å². The number of amides is 3. The zero-order valence-corrected chi connectivity index (χ0v) is 9.44. The van der Waals surface area contributed by atoms with Gasteiger partial charge < -0.3 is 21.5 Å². The average Bonchev–Trinajstić information content (AvgIpc) is 3.04. The zero-order chi connectivity index (χ0) is 12.8. The number of aliphatic carboxylic acids is 1. The van der Waals surface area contributed by atoms with Gasteiger partial charge in [-0.2, -0.15) is 0 Å². The molecule has 0 heterocycles. The van der Waals surface area contributed by atoms with Gasteiger partial charge >= 0.3 is 12.0 Å². The van der Waals surface area contributed by atoms with E-state index in [1.165, 1.54) is 0 Å². The van der Waals surface area contributed by atoms with Crippen molar-refractivity contribution in [1.29, 1.82) is 0 Å². The molecule has 1 aliphatic rings. The summed E-state index contributed by atoms with van der Waals surface area (Å²) in [5.41, 5.74) is 4.92. The van der Waals surface area contributed by atoms with Crippen LogP contribution >= 0.6 is 0 Å². The maximum atomic E-state index is 11.3. The third kappa shape index (κ3) is 5.74. The molecule has 5 N–H and O–H groups in total. The van der Waals surface area contributed by atoms with Crippen LogP contribution in [0.4, 0.5) is 4.79 Å². The van der Waals surface area contributed by atoms with E-state index in [-0.39, 0.29) is 12.8 Å². The Kier molecular flexibility index (Phi) is 4.74. The molecule has 0 aromatic carbocycles. The molecule has 17 heavy (non-hydrogen) atoms. The molecule has 1 rings (SSSR count). The van der Waals surface area contributed by atoms with Gasteiger partial charge in [-0.1, -0.05) is 0 Å². The first kappa shape index (κ1) is 13.3. The number of urea groups is 1. The highest BCUT2D eigenvalue weighted by atomic mass is 16.4. The Morgan fingerprint density at radius 3 is 2.47 bits per heavy atom. The molecular formula is C10H17N3O4. The molecule has 0 radical (unpaired) electrons. The molecule has 7 heteroatoms. The number of nitrogens with one attached hydrogen (secondary N) is 2. The molecule has 1 aliphatic carbocycles. The summed E-state index contributed by atoms with van der Waals surface area (Å²) in [6, 6.07) is -1.60. The molecule has 1 saturated carbocycles. The topological polar surface area (TPSA) is 122 Å². The Balaban J connectivity index is 2.28. The van der Waals surface area contributed by atoms with Crippen molar-refractivity contribution in [2.45, 2.75) is 31.7 Å². The smallest absolute Gasteiger partial charge is 0.326 e. The second kappa shape index (κ2) is 6.07. The molecule has 0 bridgehead atoms. The van der Waals surface area contributed by atoms with E-state index in [0.717, 1.165) is 12.8 Å². The Morgan fingerprint density at radius 1 is 1.35 bits per heavy atom. The predicted octanol–water partition coefficient (Wildman–Crippen LogP) is -0.586. The Bertz CT molecular complexity index is 315. The van der Waals surface area contributed by atoms with Gasteiger partial charge in [-0.15, -0.1) is 0 Å². The van der Waals surface area contributed by atoms with Crippen LogP contribution in [0.2, 0.25) is 0 Å². The molecule has 96 valence electrons. The fraction of sp³-hybridized carbons (Fsp3) is 0.700. The third-order valence-electron chi connectivity index (χ3n) is 2.53. The standard InChI is InChI=1S/C10H17N3O4/c11-8(14)4-3-7(9(15)16)13-10(17)12-5-6-1-2-6/h6-7H,1-5H2,(H2,11,14)(H,15,16)(H2,12,13,17). The minimum absolute atomic E-state index is 0.00150. The number of hydrogen-bond donors (Lipinski definition) is 4. The lowest BCUT2D eigenvalue weighted by Crippen LogP contribution is -2.46. The lowest BCUT2D eigenvalue weighted by Gasteiger charge is -2.14. The summed E-state index contributed by atoms with van der Waals surface area (Å²) in [7, 11) is 0. The van der Waals surface area contributed by atoms with Crippen LogP contribution in [0.25, 0.3) is 0 Å². The van der Waals surface area contributed by atoms with Crippen LogP contribution in [0.15, 0.2) is 0 Å². The van der Waals surface area contributed by atoms with Gasteiger partial charge in [0.25, 0.3) is 0 Å². The Morgan fingerprint density at radius 2 is 2.00 bits per heavy atom. The van der Waals surface area contributed by atoms with Gasteiger partial charge in [0.05, 0.1) is 0 Å². The highest BCUT2D eigenvalue weighted by Gasteiger charge is 2.24. The van der Waals surface area contributed by atoms with E-state index < -0.39 is 23.9 Å². The van der Waals surface area contributed by atoms with Gasteiger partial charge in [0.1, 0.15) is 6.04 Å². The quantitative estimate of drug-likeness (QED) is 0.477. The number of hydrogen-bond acceptors (Lipinski definition) is 3. The summed E-state index contributed by atoms with van der Waals surface area (Å²) in [4.78, 5) is 32.7. The van der Waals surface area contributed by atoms with Crippen molar-refractivity contribution in [3.63, 3.8) is 0 Å². The first-order valence-electron chi connectivity index (χ1n) is 5.54. The van der Waals surface area contributed by atoms with Crippen molar-refractivity contribution in [2.75, 3.05) is 6.54 Å². The number of primary amides is 1. The van der Waals surface area contributed by atoms with Gasteiger partial charge in [-0.05, 0) is 25.2 Å². The maximum absolute atomic E-state index is 11.3. The van der Waals surface area contributed by atoms with Crippen molar-refractivity contribution in [3.05, 3.63) is 0 Å². The number of carboxylic acid groups (broad SMARTS) is 1. The van der Waals surface area contributed by atoms with Crippen LogP contribution in [-0.2, 0) is 9.59 Å². The molecule has 0 saturated heterocycles. The summed E-state index contributed by atoms with van der Waals surface area (Å²) in [5, 5.41) is 13.7. The summed E-state index contributed by atoms with van der Waals surface area (Å²) >= 11 is 0. The van der Waals surface area contributed by atoms with Gasteiger partial charge in [0.2, 0.25) is 5.91 Å². The maximum Gasteiger partial charge on any atom is 0.326 e. The lowest BCUT2D eigenvalue weighted by molar-refractivity contribution is -0.139. The predicted molar refractivity (Wildman–Crippen MR) is 59.1 cm³/mol. The first-order chi connectivity index (χ1) is 7.99. The molecular weight excluding hydrogens is 226 g/mol. The second-order valence-corrected chi connectivity index (χ2v) is 4.19. The van der Waals surface area contributed by atoms with Crippen LogP contribution in [0.5, 0.6) is 0 Å². The number of carbonyl (C=O) groups excluding carboxylic acids is 2. The van der Waals surface area contributed by atoms with Gasteiger partial charge in [0.15, 0.2) is 0 Å². The van der Waals surface area contributed by atoms with E-state index in [1.54, 1.807) is 0 Å². The molecule has 7 nitrogen and oxygen atoms in total. The van der Waals surface area contributed by atoms with E-state index in [9.17, 15) is 14.4 Å². The minimum Gasteiger partial charge on any atom is -0.480 e. The minimum atomic E-state index is -1.17. The van der Waals surface area contributed by atoms with E-state index in [4.69, 9.17) is 10.8 Å². The average molecular weight is 243 g/mol. The first-order valence-corrected chi connectivity index (χ1v) is 5.54. The van der Waals surface area contributed by atoms with E-state index in [1.807, 2.05) is 0 Å². The SMILES string of the molecule is NC(=O)CCC(NC(=O)NCC1CC1)C(=O)O. The molecule has 0 aliphatic heterocycles. The summed E-state index contributed by atoms with van der Waals surface area (Å²) in [5.74, 6) is -1.24. The van der Waals surface area contributed by atoms with Crippen molar-refractivity contribution >= 4 is 17.9 Å². The fourth-order valence-electron chi connectivity index (χ4n) is 1.31. The van der Waals surface area contributed by atoms with Crippen LogP contribution in [-0.4, -0.2) is 35.6 Å². The van der Waals surface area contributed by atoms with Crippen molar-refractivity contribution < 1.29 is 19.5 Å². The monoisotopic (exact) mass is 243 g/mol. The lowest BCUT2D eigenvalue weighted by atomic mass is 10.1. The van der Waals surface area contributed by atoms with Gasteiger partial charge in [-0.3, -0.25) is 4.79 Å². The summed E-state index contributed by atoms with van der Waals surface area (Å²) in [6.07, 6.45) is 2.13. The summed E-state index contributed by atoms with van der Waals surface area (Å²) < 4.78 is 0. The molecule has 1 atom stereocenters. The van der Waals surface area contributed by atoms with Crippen LogP contribution < -0.4 is 16.4 Å².